The summed E-state index contributed by atoms with van der Waals surface area (Å²) in [6.45, 7) is 6.29. The quantitative estimate of drug-likeness (QED) is 0.813. The monoisotopic (exact) mass is 249 g/mol. The van der Waals surface area contributed by atoms with Gasteiger partial charge in [0.15, 0.2) is 0 Å². The van der Waals surface area contributed by atoms with E-state index >= 15 is 0 Å². The zero-order valence-corrected chi connectivity index (χ0v) is 11.4. The van der Waals surface area contributed by atoms with Gasteiger partial charge in [-0.15, -0.1) is 0 Å². The first-order chi connectivity index (χ1) is 8.54. The lowest BCUT2D eigenvalue weighted by Gasteiger charge is -2.15. The highest BCUT2D eigenvalue weighted by Gasteiger charge is 2.11. The van der Waals surface area contributed by atoms with Crippen molar-refractivity contribution < 1.29 is 9.90 Å². The first-order valence-electron chi connectivity index (χ1n) is 6.59. The Bertz CT molecular complexity index is 371. The van der Waals surface area contributed by atoms with Crippen molar-refractivity contribution in [1.82, 2.24) is 5.32 Å². The number of carbonyl (C=O) groups is 1. The van der Waals surface area contributed by atoms with Crippen molar-refractivity contribution in [2.75, 3.05) is 6.54 Å². The highest BCUT2D eigenvalue weighted by molar-refractivity contribution is 5.94. The van der Waals surface area contributed by atoms with Gasteiger partial charge in [0.1, 0.15) is 0 Å². The molecule has 1 rings (SSSR count). The van der Waals surface area contributed by atoms with E-state index in [1.54, 1.807) is 0 Å². The molecule has 0 radical (unpaired) electrons. The Morgan fingerprint density at radius 1 is 1.28 bits per heavy atom. The first kappa shape index (κ1) is 14.7. The summed E-state index contributed by atoms with van der Waals surface area (Å²) in [5.41, 5.74) is 1.89. The van der Waals surface area contributed by atoms with Gasteiger partial charge in [0, 0.05) is 12.1 Å². The topological polar surface area (TPSA) is 49.3 Å². The van der Waals surface area contributed by atoms with E-state index in [2.05, 4.69) is 12.2 Å². The number of rotatable bonds is 6. The van der Waals surface area contributed by atoms with Crippen molar-refractivity contribution in [2.45, 2.75) is 39.7 Å². The molecule has 3 nitrogen and oxygen atoms in total. The Morgan fingerprint density at radius 2 is 1.89 bits per heavy atom. The van der Waals surface area contributed by atoms with Gasteiger partial charge in [0.2, 0.25) is 0 Å². The molecule has 0 bridgehead atoms. The van der Waals surface area contributed by atoms with Crippen molar-refractivity contribution >= 4 is 5.91 Å². The van der Waals surface area contributed by atoms with Crippen LogP contribution in [0.15, 0.2) is 24.3 Å². The largest absolute Gasteiger partial charge is 0.391 e. The standard InChI is InChI=1S/C15H23NO2/c1-4-5-12-6-8-13(9-7-12)15(18)16-10-14(17)11(2)3/h6-9,11,14,17H,4-5,10H2,1-3H3,(H,16,18). The van der Waals surface area contributed by atoms with E-state index in [9.17, 15) is 9.90 Å². The fourth-order valence-corrected chi connectivity index (χ4v) is 1.65. The number of benzene rings is 1. The SMILES string of the molecule is CCCc1ccc(C(=O)NCC(O)C(C)C)cc1. The smallest absolute Gasteiger partial charge is 0.251 e. The van der Waals surface area contributed by atoms with Crippen molar-refractivity contribution in [3.63, 3.8) is 0 Å². The molecule has 0 aromatic heterocycles. The second-order valence-electron chi connectivity index (χ2n) is 4.97. The fraction of sp³-hybridized carbons (Fsp3) is 0.533. The average molecular weight is 249 g/mol. The van der Waals surface area contributed by atoms with Gasteiger partial charge >= 0.3 is 0 Å². The molecule has 1 amide bonds. The van der Waals surface area contributed by atoms with Crippen molar-refractivity contribution in [1.29, 1.82) is 0 Å². The van der Waals surface area contributed by atoms with Crippen molar-refractivity contribution in [3.05, 3.63) is 35.4 Å². The van der Waals surface area contributed by atoms with E-state index in [0.29, 0.717) is 12.1 Å². The summed E-state index contributed by atoms with van der Waals surface area (Å²) in [4.78, 5) is 11.8. The van der Waals surface area contributed by atoms with Crippen LogP contribution in [0.25, 0.3) is 0 Å². The van der Waals surface area contributed by atoms with Gasteiger partial charge in [-0.1, -0.05) is 39.3 Å². The van der Waals surface area contributed by atoms with E-state index in [4.69, 9.17) is 0 Å². The second kappa shape index (κ2) is 7.17. The third-order valence-electron chi connectivity index (χ3n) is 3.00. The summed E-state index contributed by atoms with van der Waals surface area (Å²) >= 11 is 0. The minimum atomic E-state index is -0.492. The molecule has 0 saturated heterocycles. The number of aryl methyl sites for hydroxylation is 1. The van der Waals surface area contributed by atoms with E-state index in [1.165, 1.54) is 5.56 Å². The van der Waals surface area contributed by atoms with Crippen LogP contribution in [0.5, 0.6) is 0 Å². The third kappa shape index (κ3) is 4.49. The van der Waals surface area contributed by atoms with Crippen molar-refractivity contribution in [2.24, 2.45) is 5.92 Å². The summed E-state index contributed by atoms with van der Waals surface area (Å²) in [5, 5.41) is 12.4. The minimum absolute atomic E-state index is 0.127. The molecule has 0 fully saturated rings. The summed E-state index contributed by atoms with van der Waals surface area (Å²) in [7, 11) is 0. The van der Waals surface area contributed by atoms with Crippen LogP contribution in [0.4, 0.5) is 0 Å². The van der Waals surface area contributed by atoms with Crippen LogP contribution in [0, 0.1) is 5.92 Å². The molecule has 0 heterocycles. The predicted octanol–water partition coefficient (Wildman–Crippen LogP) is 2.39. The molecular weight excluding hydrogens is 226 g/mol. The Morgan fingerprint density at radius 3 is 2.39 bits per heavy atom. The minimum Gasteiger partial charge on any atom is -0.391 e. The van der Waals surface area contributed by atoms with Gasteiger partial charge in [-0.2, -0.15) is 0 Å². The van der Waals surface area contributed by atoms with Gasteiger partial charge in [-0.25, -0.2) is 0 Å². The third-order valence-corrected chi connectivity index (χ3v) is 3.00. The van der Waals surface area contributed by atoms with Crippen LogP contribution in [-0.2, 0) is 6.42 Å². The Balaban J connectivity index is 2.51. The van der Waals surface area contributed by atoms with Crippen molar-refractivity contribution in [3.8, 4) is 0 Å². The van der Waals surface area contributed by atoms with Crippen LogP contribution < -0.4 is 5.32 Å². The van der Waals surface area contributed by atoms with Crippen LogP contribution in [0.1, 0.15) is 43.1 Å². The van der Waals surface area contributed by atoms with Gasteiger partial charge in [-0.3, -0.25) is 4.79 Å². The van der Waals surface area contributed by atoms with E-state index < -0.39 is 6.10 Å². The normalized spacial score (nSPS) is 12.5. The van der Waals surface area contributed by atoms with Crippen LogP contribution in [0.3, 0.4) is 0 Å². The highest BCUT2D eigenvalue weighted by Crippen LogP contribution is 2.07. The molecule has 1 unspecified atom stereocenters. The molecule has 0 aliphatic rings. The Hall–Kier alpha value is -1.35. The second-order valence-corrected chi connectivity index (χ2v) is 4.97. The molecule has 2 N–H and O–H groups in total. The average Bonchev–Trinajstić information content (AvgIpc) is 2.36. The zero-order chi connectivity index (χ0) is 13.5. The number of hydrogen-bond donors (Lipinski definition) is 2. The number of hydrogen-bond acceptors (Lipinski definition) is 2. The number of aliphatic hydroxyl groups excluding tert-OH is 1. The molecule has 0 spiro atoms. The summed E-state index contributed by atoms with van der Waals surface area (Å²) in [6, 6.07) is 7.64. The number of nitrogens with one attached hydrogen (secondary N) is 1. The maximum absolute atomic E-state index is 11.8. The Kier molecular flexibility index (Phi) is 5.86. The summed E-state index contributed by atoms with van der Waals surface area (Å²) in [6.07, 6.45) is 1.65. The molecule has 100 valence electrons. The number of aliphatic hydroxyl groups is 1. The van der Waals surface area contributed by atoms with E-state index in [1.807, 2.05) is 38.1 Å². The zero-order valence-electron chi connectivity index (χ0n) is 11.4. The predicted molar refractivity (Wildman–Crippen MR) is 73.6 cm³/mol. The highest BCUT2D eigenvalue weighted by atomic mass is 16.3. The molecule has 0 aliphatic heterocycles. The van der Waals surface area contributed by atoms with Gasteiger partial charge < -0.3 is 10.4 Å². The molecule has 3 heteroatoms. The van der Waals surface area contributed by atoms with Crippen LogP contribution >= 0.6 is 0 Å². The van der Waals surface area contributed by atoms with E-state index in [0.717, 1.165) is 12.8 Å². The molecule has 1 aromatic carbocycles. The molecule has 1 aromatic rings. The van der Waals surface area contributed by atoms with Gasteiger partial charge in [0.05, 0.1) is 6.10 Å². The lowest BCUT2D eigenvalue weighted by molar-refractivity contribution is 0.0871. The van der Waals surface area contributed by atoms with Crippen LogP contribution in [-0.4, -0.2) is 23.7 Å². The first-order valence-corrected chi connectivity index (χ1v) is 6.59. The van der Waals surface area contributed by atoms with E-state index in [-0.39, 0.29) is 11.8 Å². The number of carbonyl (C=O) groups excluding carboxylic acids is 1. The fourth-order valence-electron chi connectivity index (χ4n) is 1.65. The Labute approximate surface area is 109 Å². The maximum atomic E-state index is 11.8. The molecule has 0 aliphatic carbocycles. The lowest BCUT2D eigenvalue weighted by Crippen LogP contribution is -2.34. The molecule has 1 atom stereocenters. The lowest BCUT2D eigenvalue weighted by atomic mass is 10.1. The van der Waals surface area contributed by atoms with Crippen LogP contribution in [0.2, 0.25) is 0 Å². The number of amides is 1. The maximum Gasteiger partial charge on any atom is 0.251 e. The molecule has 18 heavy (non-hydrogen) atoms. The van der Waals surface area contributed by atoms with Gasteiger partial charge in [0.25, 0.3) is 5.91 Å². The molecule has 0 saturated carbocycles. The summed E-state index contributed by atoms with van der Waals surface area (Å²) in [5.74, 6) is 0.0231. The van der Waals surface area contributed by atoms with Gasteiger partial charge in [-0.05, 0) is 30.0 Å². The summed E-state index contributed by atoms with van der Waals surface area (Å²) < 4.78 is 0. The molecular formula is C15H23NO2.